The Morgan fingerprint density at radius 2 is 2.00 bits per heavy atom. The summed E-state index contributed by atoms with van der Waals surface area (Å²) in [6, 6.07) is 6.10. The number of hydrogen-bond acceptors (Lipinski definition) is 3. The highest BCUT2D eigenvalue weighted by atomic mass is 35.5. The van der Waals surface area contributed by atoms with Gasteiger partial charge in [-0.15, -0.1) is 0 Å². The zero-order chi connectivity index (χ0) is 13.4. The number of pyridine rings is 1. The Balaban J connectivity index is 2.21. The molecule has 100 valence electrons. The molecule has 4 heteroatoms. The van der Waals surface area contributed by atoms with Gasteiger partial charge in [-0.05, 0) is 43.5 Å². The lowest BCUT2D eigenvalue weighted by molar-refractivity contribution is 0.701. The number of aromatic nitrogens is 1. The van der Waals surface area contributed by atoms with Crippen LogP contribution < -0.4 is 11.3 Å². The standard InChI is InChI=1S/C15H18ClN3/c1-9-6-11-14(19-17)8-13(10-4-2-3-5-10)18-15(11)12(16)7-9/h6-8,10H,2-5,17H2,1H3,(H,18,19). The molecule has 1 aromatic carbocycles. The van der Waals surface area contributed by atoms with Crippen molar-refractivity contribution in [1.82, 2.24) is 4.98 Å². The molecule has 0 saturated heterocycles. The third-order valence-corrected chi connectivity index (χ3v) is 4.25. The van der Waals surface area contributed by atoms with Crippen LogP contribution in [0, 0.1) is 6.92 Å². The summed E-state index contributed by atoms with van der Waals surface area (Å²) >= 11 is 6.34. The van der Waals surface area contributed by atoms with Crippen molar-refractivity contribution < 1.29 is 0 Å². The Hall–Kier alpha value is -1.32. The zero-order valence-electron chi connectivity index (χ0n) is 11.0. The minimum Gasteiger partial charge on any atom is -0.323 e. The monoisotopic (exact) mass is 275 g/mol. The number of halogens is 1. The van der Waals surface area contributed by atoms with Crippen molar-refractivity contribution in [2.45, 2.75) is 38.5 Å². The van der Waals surface area contributed by atoms with Gasteiger partial charge in [0.15, 0.2) is 0 Å². The smallest absolute Gasteiger partial charge is 0.0913 e. The van der Waals surface area contributed by atoms with E-state index < -0.39 is 0 Å². The summed E-state index contributed by atoms with van der Waals surface area (Å²) < 4.78 is 0. The summed E-state index contributed by atoms with van der Waals surface area (Å²) in [4.78, 5) is 4.78. The molecule has 1 aliphatic carbocycles. The molecule has 1 aliphatic rings. The molecule has 3 nitrogen and oxygen atoms in total. The summed E-state index contributed by atoms with van der Waals surface area (Å²) in [5.41, 5.74) is 6.79. The third kappa shape index (κ3) is 2.28. The molecule has 0 radical (unpaired) electrons. The van der Waals surface area contributed by atoms with Crippen LogP contribution in [-0.2, 0) is 0 Å². The fourth-order valence-electron chi connectivity index (χ4n) is 2.99. The molecule has 1 heterocycles. The molecule has 0 bridgehead atoms. The van der Waals surface area contributed by atoms with Gasteiger partial charge in [-0.1, -0.05) is 24.4 Å². The molecule has 0 unspecified atom stereocenters. The first-order chi connectivity index (χ1) is 9.19. The normalized spacial score (nSPS) is 16.2. The van der Waals surface area contributed by atoms with Crippen molar-refractivity contribution in [3.05, 3.63) is 34.5 Å². The van der Waals surface area contributed by atoms with E-state index >= 15 is 0 Å². The van der Waals surface area contributed by atoms with Gasteiger partial charge in [0.2, 0.25) is 0 Å². The van der Waals surface area contributed by atoms with Crippen LogP contribution in [0.15, 0.2) is 18.2 Å². The minimum atomic E-state index is 0.550. The van der Waals surface area contributed by atoms with E-state index in [4.69, 9.17) is 22.4 Å². The molecular formula is C15H18ClN3. The summed E-state index contributed by atoms with van der Waals surface area (Å²) in [6.07, 6.45) is 5.01. The maximum Gasteiger partial charge on any atom is 0.0913 e. The Morgan fingerprint density at radius 1 is 1.26 bits per heavy atom. The topological polar surface area (TPSA) is 50.9 Å². The van der Waals surface area contributed by atoms with Gasteiger partial charge in [-0.3, -0.25) is 10.8 Å². The number of nitrogens with two attached hydrogens (primary N) is 1. The third-order valence-electron chi connectivity index (χ3n) is 3.96. The largest absolute Gasteiger partial charge is 0.323 e. The Labute approximate surface area is 118 Å². The molecule has 19 heavy (non-hydrogen) atoms. The highest BCUT2D eigenvalue weighted by molar-refractivity contribution is 6.35. The van der Waals surface area contributed by atoms with E-state index in [1.165, 1.54) is 25.7 Å². The van der Waals surface area contributed by atoms with Crippen molar-refractivity contribution in [2.75, 3.05) is 5.43 Å². The molecule has 1 saturated carbocycles. The van der Waals surface area contributed by atoms with Crippen LogP contribution in [-0.4, -0.2) is 4.98 Å². The summed E-state index contributed by atoms with van der Waals surface area (Å²) in [5.74, 6) is 6.21. The second kappa shape index (κ2) is 4.99. The minimum absolute atomic E-state index is 0.550. The lowest BCUT2D eigenvalue weighted by Crippen LogP contribution is -2.09. The maximum atomic E-state index is 6.34. The van der Waals surface area contributed by atoms with Gasteiger partial charge in [0.1, 0.15) is 0 Å². The Morgan fingerprint density at radius 3 is 2.68 bits per heavy atom. The predicted molar refractivity (Wildman–Crippen MR) is 80.5 cm³/mol. The average molecular weight is 276 g/mol. The molecule has 3 N–H and O–H groups in total. The van der Waals surface area contributed by atoms with Crippen LogP contribution in [0.2, 0.25) is 5.02 Å². The van der Waals surface area contributed by atoms with Gasteiger partial charge in [0.25, 0.3) is 0 Å². The number of nitrogens with one attached hydrogen (secondary N) is 1. The first-order valence-corrected chi connectivity index (χ1v) is 7.14. The van der Waals surface area contributed by atoms with Gasteiger partial charge in [0.05, 0.1) is 16.2 Å². The molecule has 0 spiro atoms. The fraction of sp³-hybridized carbons (Fsp3) is 0.400. The number of rotatable bonds is 2. The van der Waals surface area contributed by atoms with E-state index in [9.17, 15) is 0 Å². The van der Waals surface area contributed by atoms with Crippen LogP contribution in [0.5, 0.6) is 0 Å². The van der Waals surface area contributed by atoms with E-state index in [0.717, 1.165) is 27.8 Å². The molecule has 1 fully saturated rings. The van der Waals surface area contributed by atoms with E-state index in [1.54, 1.807) is 0 Å². The van der Waals surface area contributed by atoms with Crippen LogP contribution in [0.4, 0.5) is 5.69 Å². The number of aryl methyl sites for hydroxylation is 1. The predicted octanol–water partition coefficient (Wildman–Crippen LogP) is 4.14. The first-order valence-electron chi connectivity index (χ1n) is 6.76. The van der Waals surface area contributed by atoms with E-state index in [-0.39, 0.29) is 0 Å². The summed E-state index contributed by atoms with van der Waals surface area (Å²) in [6.45, 7) is 2.02. The Bertz CT molecular complexity index is 618. The highest BCUT2D eigenvalue weighted by Crippen LogP contribution is 2.37. The van der Waals surface area contributed by atoms with Crippen molar-refractivity contribution in [2.24, 2.45) is 5.84 Å². The second-order valence-electron chi connectivity index (χ2n) is 5.36. The number of nitrogens with zero attached hydrogens (tertiary/aromatic N) is 1. The number of benzene rings is 1. The van der Waals surface area contributed by atoms with Crippen molar-refractivity contribution >= 4 is 28.2 Å². The first kappa shape index (κ1) is 12.7. The number of hydrazine groups is 1. The molecule has 1 aromatic heterocycles. The summed E-state index contributed by atoms with van der Waals surface area (Å²) in [5, 5.41) is 1.69. The van der Waals surface area contributed by atoms with Crippen molar-refractivity contribution in [3.63, 3.8) is 0 Å². The SMILES string of the molecule is Cc1cc(Cl)c2nc(C3CCCC3)cc(NN)c2c1. The zero-order valence-corrected chi connectivity index (χ0v) is 11.8. The van der Waals surface area contributed by atoms with E-state index in [1.807, 2.05) is 13.0 Å². The molecule has 3 rings (SSSR count). The lowest BCUT2D eigenvalue weighted by Gasteiger charge is -2.14. The number of nitrogen functional groups attached to an aromatic ring is 1. The lowest BCUT2D eigenvalue weighted by atomic mass is 10.0. The van der Waals surface area contributed by atoms with Gasteiger partial charge >= 0.3 is 0 Å². The molecule has 0 amide bonds. The molecule has 0 atom stereocenters. The molecular weight excluding hydrogens is 258 g/mol. The fourth-order valence-corrected chi connectivity index (χ4v) is 3.31. The number of anilines is 1. The molecule has 2 aromatic rings. The summed E-state index contributed by atoms with van der Waals surface area (Å²) in [7, 11) is 0. The van der Waals surface area contributed by atoms with Crippen LogP contribution >= 0.6 is 11.6 Å². The van der Waals surface area contributed by atoms with Gasteiger partial charge in [-0.25, -0.2) is 0 Å². The van der Waals surface area contributed by atoms with Crippen LogP contribution in [0.1, 0.15) is 42.9 Å². The van der Waals surface area contributed by atoms with E-state index in [0.29, 0.717) is 10.9 Å². The number of hydrogen-bond donors (Lipinski definition) is 2. The highest BCUT2D eigenvalue weighted by Gasteiger charge is 2.20. The Kier molecular flexibility index (Phi) is 3.33. The second-order valence-corrected chi connectivity index (χ2v) is 5.77. The number of fused-ring (bicyclic) bond motifs is 1. The van der Waals surface area contributed by atoms with Crippen molar-refractivity contribution in [1.29, 1.82) is 0 Å². The molecule has 0 aliphatic heterocycles. The average Bonchev–Trinajstić information content (AvgIpc) is 2.91. The quantitative estimate of drug-likeness (QED) is 0.640. The van der Waals surface area contributed by atoms with Crippen LogP contribution in [0.25, 0.3) is 10.9 Å². The van der Waals surface area contributed by atoms with Crippen LogP contribution in [0.3, 0.4) is 0 Å². The maximum absolute atomic E-state index is 6.34. The van der Waals surface area contributed by atoms with Crippen molar-refractivity contribution in [3.8, 4) is 0 Å². The van der Waals surface area contributed by atoms with E-state index in [2.05, 4.69) is 17.6 Å². The van der Waals surface area contributed by atoms with Gasteiger partial charge < -0.3 is 5.43 Å². The van der Waals surface area contributed by atoms with Gasteiger partial charge in [0, 0.05) is 17.0 Å². The van der Waals surface area contributed by atoms with Gasteiger partial charge in [-0.2, -0.15) is 0 Å².